The first-order chi connectivity index (χ1) is 9.99. The minimum Gasteiger partial charge on any atom is -0.475 e. The monoisotopic (exact) mass is 349 g/mol. The second-order valence-corrected chi connectivity index (χ2v) is 5.38. The number of carboxylic acid groups (broad SMARTS) is 1. The van der Waals surface area contributed by atoms with Crippen LogP contribution in [0.3, 0.4) is 0 Å². The van der Waals surface area contributed by atoms with Gasteiger partial charge in [-0.3, -0.25) is 9.59 Å². The third-order valence-corrected chi connectivity index (χ3v) is 3.70. The fraction of sp³-hybridized carbons (Fsp3) is 0.0714. The van der Waals surface area contributed by atoms with Crippen LogP contribution in [0.5, 0.6) is 0 Å². The molecule has 1 N–H and O–H groups in total. The SMILES string of the molecule is O=C1C(=O)N(Cc2ccoc2C(=O)O)c2cc(Br)ccc21. The van der Waals surface area contributed by atoms with Gasteiger partial charge < -0.3 is 14.4 Å². The first-order valence-electron chi connectivity index (χ1n) is 5.94. The van der Waals surface area contributed by atoms with Crippen molar-refractivity contribution in [2.45, 2.75) is 6.54 Å². The largest absolute Gasteiger partial charge is 0.475 e. The predicted octanol–water partition coefficient (Wildman–Crippen LogP) is 2.47. The molecule has 0 radical (unpaired) electrons. The second kappa shape index (κ2) is 4.85. The smallest absolute Gasteiger partial charge is 0.372 e. The highest BCUT2D eigenvalue weighted by Crippen LogP contribution is 2.33. The van der Waals surface area contributed by atoms with E-state index < -0.39 is 17.7 Å². The zero-order valence-corrected chi connectivity index (χ0v) is 12.1. The normalized spacial score (nSPS) is 13.7. The summed E-state index contributed by atoms with van der Waals surface area (Å²) in [6.45, 7) is -0.0356. The summed E-state index contributed by atoms with van der Waals surface area (Å²) >= 11 is 3.29. The van der Waals surface area contributed by atoms with E-state index in [2.05, 4.69) is 15.9 Å². The Balaban J connectivity index is 2.02. The Bertz CT molecular complexity index is 779. The zero-order valence-electron chi connectivity index (χ0n) is 10.5. The summed E-state index contributed by atoms with van der Waals surface area (Å²) in [5.74, 6) is -2.74. The number of carbonyl (C=O) groups is 3. The van der Waals surface area contributed by atoms with Crippen molar-refractivity contribution in [3.05, 3.63) is 51.9 Å². The molecule has 6 nitrogen and oxygen atoms in total. The molecule has 3 rings (SSSR count). The van der Waals surface area contributed by atoms with Crippen LogP contribution in [-0.4, -0.2) is 22.8 Å². The van der Waals surface area contributed by atoms with E-state index in [1.807, 2.05) is 0 Å². The van der Waals surface area contributed by atoms with Crippen LogP contribution in [0.1, 0.15) is 26.5 Å². The Morgan fingerprint density at radius 3 is 2.76 bits per heavy atom. The molecule has 2 heterocycles. The third-order valence-electron chi connectivity index (χ3n) is 3.20. The molecule has 0 saturated heterocycles. The Labute approximate surface area is 127 Å². The Morgan fingerprint density at radius 2 is 2.05 bits per heavy atom. The number of aromatic carboxylic acids is 1. The molecule has 2 aromatic rings. The van der Waals surface area contributed by atoms with E-state index in [-0.39, 0.29) is 12.3 Å². The minimum atomic E-state index is -1.22. The van der Waals surface area contributed by atoms with Crippen molar-refractivity contribution in [1.29, 1.82) is 0 Å². The number of hydrogen-bond donors (Lipinski definition) is 1. The van der Waals surface area contributed by atoms with Crippen molar-refractivity contribution in [2.24, 2.45) is 0 Å². The number of carboxylic acids is 1. The number of Topliss-reactive ketones (excluding diaryl/α,β-unsaturated/α-hetero) is 1. The molecule has 7 heteroatoms. The summed E-state index contributed by atoms with van der Waals surface area (Å²) in [7, 11) is 0. The first kappa shape index (κ1) is 13.6. The Morgan fingerprint density at radius 1 is 1.29 bits per heavy atom. The van der Waals surface area contributed by atoms with Crippen LogP contribution in [0.4, 0.5) is 5.69 Å². The number of hydrogen-bond acceptors (Lipinski definition) is 4. The molecule has 1 aromatic heterocycles. The van der Waals surface area contributed by atoms with Gasteiger partial charge in [0.25, 0.3) is 11.7 Å². The van der Waals surface area contributed by atoms with Crippen LogP contribution < -0.4 is 4.90 Å². The van der Waals surface area contributed by atoms with Gasteiger partial charge >= 0.3 is 5.97 Å². The van der Waals surface area contributed by atoms with Crippen LogP contribution in [-0.2, 0) is 11.3 Å². The molecule has 106 valence electrons. The molecule has 21 heavy (non-hydrogen) atoms. The van der Waals surface area contributed by atoms with Crippen LogP contribution in [0.2, 0.25) is 0 Å². The number of amides is 1. The van der Waals surface area contributed by atoms with Crippen molar-refractivity contribution >= 4 is 39.3 Å². The van der Waals surface area contributed by atoms with E-state index in [0.29, 0.717) is 16.8 Å². The van der Waals surface area contributed by atoms with Crippen molar-refractivity contribution in [3.63, 3.8) is 0 Å². The average molecular weight is 350 g/mol. The maximum Gasteiger partial charge on any atom is 0.372 e. The summed E-state index contributed by atoms with van der Waals surface area (Å²) in [6.07, 6.45) is 1.24. The number of halogens is 1. The molecule has 1 aromatic carbocycles. The summed E-state index contributed by atoms with van der Waals surface area (Å²) in [6, 6.07) is 6.36. The van der Waals surface area contributed by atoms with Gasteiger partial charge in [-0.1, -0.05) is 15.9 Å². The third kappa shape index (κ3) is 2.15. The summed E-state index contributed by atoms with van der Waals surface area (Å²) < 4.78 is 5.60. The maximum absolute atomic E-state index is 12.1. The highest BCUT2D eigenvalue weighted by molar-refractivity contribution is 9.10. The first-order valence-corrected chi connectivity index (χ1v) is 6.73. The molecule has 0 unspecified atom stereocenters. The number of rotatable bonds is 3. The van der Waals surface area contributed by atoms with Gasteiger partial charge in [-0.2, -0.15) is 0 Å². The summed E-state index contributed by atoms with van der Waals surface area (Å²) in [5, 5.41) is 9.01. The average Bonchev–Trinajstić information content (AvgIpc) is 2.99. The molecule has 0 fully saturated rings. The van der Waals surface area contributed by atoms with Crippen molar-refractivity contribution in [2.75, 3.05) is 4.90 Å². The van der Waals surface area contributed by atoms with E-state index in [0.717, 1.165) is 4.47 Å². The van der Waals surface area contributed by atoms with Crippen LogP contribution in [0.25, 0.3) is 0 Å². The number of furan rings is 1. The number of benzene rings is 1. The molecule has 1 amide bonds. The van der Waals surface area contributed by atoms with Crippen LogP contribution >= 0.6 is 15.9 Å². The molecule has 0 saturated carbocycles. The lowest BCUT2D eigenvalue weighted by Gasteiger charge is -2.16. The molecular formula is C14H8BrNO5. The van der Waals surface area contributed by atoms with E-state index >= 15 is 0 Å². The lowest BCUT2D eigenvalue weighted by atomic mass is 10.1. The zero-order chi connectivity index (χ0) is 15.1. The number of fused-ring (bicyclic) bond motifs is 1. The number of ketones is 1. The van der Waals surface area contributed by atoms with Crippen LogP contribution in [0, 0.1) is 0 Å². The molecule has 1 aliphatic heterocycles. The van der Waals surface area contributed by atoms with Gasteiger partial charge in [-0.25, -0.2) is 4.79 Å². The van der Waals surface area contributed by atoms with Crippen molar-refractivity contribution < 1.29 is 23.9 Å². The molecule has 0 spiro atoms. The van der Waals surface area contributed by atoms with E-state index in [1.54, 1.807) is 18.2 Å². The number of carbonyl (C=O) groups excluding carboxylic acids is 2. The van der Waals surface area contributed by atoms with Gasteiger partial charge in [-0.15, -0.1) is 0 Å². The van der Waals surface area contributed by atoms with Gasteiger partial charge in [0.15, 0.2) is 0 Å². The van der Waals surface area contributed by atoms with Gasteiger partial charge in [0.2, 0.25) is 5.76 Å². The van der Waals surface area contributed by atoms with Crippen molar-refractivity contribution in [3.8, 4) is 0 Å². The number of nitrogens with zero attached hydrogens (tertiary/aromatic N) is 1. The molecule has 0 aliphatic carbocycles. The van der Waals surface area contributed by atoms with E-state index in [4.69, 9.17) is 9.52 Å². The highest BCUT2D eigenvalue weighted by Gasteiger charge is 2.36. The summed E-state index contributed by atoms with van der Waals surface area (Å²) in [5.41, 5.74) is 1.09. The predicted molar refractivity (Wildman–Crippen MR) is 75.3 cm³/mol. The lowest BCUT2D eigenvalue weighted by molar-refractivity contribution is -0.114. The maximum atomic E-state index is 12.1. The minimum absolute atomic E-state index is 0.0356. The molecular weight excluding hydrogens is 342 g/mol. The topological polar surface area (TPSA) is 87.8 Å². The standard InChI is InChI=1S/C14H8BrNO5/c15-8-1-2-9-10(5-8)16(13(18)11(9)17)6-7-3-4-21-12(7)14(19)20/h1-5H,6H2,(H,19,20). The second-order valence-electron chi connectivity index (χ2n) is 4.46. The molecule has 0 bridgehead atoms. The van der Waals surface area contributed by atoms with Gasteiger partial charge in [0, 0.05) is 10.0 Å². The van der Waals surface area contributed by atoms with Crippen molar-refractivity contribution in [1.82, 2.24) is 0 Å². The van der Waals surface area contributed by atoms with E-state index in [1.165, 1.54) is 17.2 Å². The quantitative estimate of drug-likeness (QED) is 0.860. The molecule has 1 aliphatic rings. The van der Waals surface area contributed by atoms with Gasteiger partial charge in [0.05, 0.1) is 24.1 Å². The Hall–Kier alpha value is -2.41. The van der Waals surface area contributed by atoms with E-state index in [9.17, 15) is 14.4 Å². The fourth-order valence-corrected chi connectivity index (χ4v) is 2.59. The summed E-state index contributed by atoms with van der Waals surface area (Å²) in [4.78, 5) is 36.3. The molecule has 0 atom stereocenters. The van der Waals surface area contributed by atoms with Gasteiger partial charge in [-0.05, 0) is 24.3 Å². The fourth-order valence-electron chi connectivity index (χ4n) is 2.24. The van der Waals surface area contributed by atoms with Gasteiger partial charge in [0.1, 0.15) is 0 Å². The number of anilines is 1. The van der Waals surface area contributed by atoms with Crippen LogP contribution in [0.15, 0.2) is 39.4 Å². The lowest BCUT2D eigenvalue weighted by Crippen LogP contribution is -2.29. The highest BCUT2D eigenvalue weighted by atomic mass is 79.9. The Kier molecular flexibility index (Phi) is 3.13.